The molecular weight excluding hydrogens is 468 g/mol. The maximum atomic E-state index is 14.6. The molecule has 0 radical (unpaired) electrons. The molecular formula is C23H26F3N4OPS. The van der Waals surface area contributed by atoms with Gasteiger partial charge in [-0.25, -0.2) is 24.0 Å². The van der Waals surface area contributed by atoms with Crippen molar-refractivity contribution in [3.8, 4) is 11.1 Å². The van der Waals surface area contributed by atoms with E-state index in [1.54, 1.807) is 30.3 Å². The highest BCUT2D eigenvalue weighted by atomic mass is 32.2. The van der Waals surface area contributed by atoms with Gasteiger partial charge in [0.15, 0.2) is 11.2 Å². The van der Waals surface area contributed by atoms with Crippen molar-refractivity contribution >= 4 is 32.7 Å². The van der Waals surface area contributed by atoms with Crippen LogP contribution in [-0.4, -0.2) is 44.6 Å². The fourth-order valence-corrected chi connectivity index (χ4v) is 5.72. The summed E-state index contributed by atoms with van der Waals surface area (Å²) in [6.45, 7) is -0.887. The number of benzene rings is 2. The average molecular weight is 495 g/mol. The minimum atomic E-state index is -3.21. The van der Waals surface area contributed by atoms with Gasteiger partial charge in [-0.3, -0.25) is 9.80 Å². The molecule has 0 bridgehead atoms. The van der Waals surface area contributed by atoms with Gasteiger partial charge in [0, 0.05) is 16.4 Å². The Balaban J connectivity index is 1.71. The fourth-order valence-electron chi connectivity index (χ4n) is 4.10. The Morgan fingerprint density at radius 3 is 2.45 bits per heavy atom. The number of carbonyl (C=O) groups is 1. The van der Waals surface area contributed by atoms with Crippen LogP contribution >= 0.6 is 21.0 Å². The van der Waals surface area contributed by atoms with Gasteiger partial charge < -0.3 is 0 Å². The van der Waals surface area contributed by atoms with Gasteiger partial charge in [0.2, 0.25) is 0 Å². The van der Waals surface area contributed by atoms with Gasteiger partial charge in [0.05, 0.1) is 0 Å². The van der Waals surface area contributed by atoms with Gasteiger partial charge in [-0.05, 0) is 36.6 Å². The quantitative estimate of drug-likeness (QED) is 0.452. The van der Waals surface area contributed by atoms with Crippen LogP contribution in [0.1, 0.15) is 37.7 Å². The molecule has 2 atom stereocenters. The number of hydrazine groups is 1. The number of thioether (sulfide) groups is 1. The molecule has 2 unspecified atom stereocenters. The second-order valence-electron chi connectivity index (χ2n) is 8.30. The molecule has 33 heavy (non-hydrogen) atoms. The first-order chi connectivity index (χ1) is 15.7. The molecule has 2 aromatic carbocycles. The summed E-state index contributed by atoms with van der Waals surface area (Å²) in [5, 5.41) is 5.53. The highest BCUT2D eigenvalue weighted by Gasteiger charge is 2.41. The van der Waals surface area contributed by atoms with Crippen LogP contribution in [0.25, 0.3) is 11.1 Å². The maximum Gasteiger partial charge on any atom is 0.278 e. The van der Waals surface area contributed by atoms with Crippen LogP contribution in [0.5, 0.6) is 0 Å². The van der Waals surface area contributed by atoms with Crippen molar-refractivity contribution in [3.63, 3.8) is 0 Å². The topological polar surface area (TPSA) is 61.9 Å². The average Bonchev–Trinajstić information content (AvgIpc) is 2.79. The Morgan fingerprint density at radius 2 is 1.79 bits per heavy atom. The first-order valence-corrected chi connectivity index (χ1v) is 12.4. The molecule has 0 aromatic heterocycles. The van der Waals surface area contributed by atoms with E-state index in [9.17, 15) is 18.0 Å². The monoisotopic (exact) mass is 494 g/mol. The molecule has 4 rings (SSSR count). The minimum Gasteiger partial charge on any atom is -0.270 e. The van der Waals surface area contributed by atoms with E-state index >= 15 is 0 Å². The molecule has 2 aliphatic rings. The molecule has 10 heteroatoms. The second-order valence-corrected chi connectivity index (χ2v) is 10.5. The van der Waals surface area contributed by atoms with E-state index in [0.717, 1.165) is 37.1 Å². The van der Waals surface area contributed by atoms with Crippen LogP contribution in [0.15, 0.2) is 53.6 Å². The van der Waals surface area contributed by atoms with E-state index in [-0.39, 0.29) is 11.1 Å². The Labute approximate surface area is 197 Å². The number of carbonyl (C=O) groups excluding carboxylic acids is 1. The van der Waals surface area contributed by atoms with Gasteiger partial charge in [-0.15, -0.1) is 16.9 Å². The van der Waals surface area contributed by atoms with Gasteiger partial charge in [0.1, 0.15) is 12.4 Å². The van der Waals surface area contributed by atoms with Gasteiger partial charge in [-0.1, -0.05) is 58.8 Å². The van der Waals surface area contributed by atoms with Crippen LogP contribution in [0.3, 0.4) is 0 Å². The molecule has 1 aliphatic carbocycles. The van der Waals surface area contributed by atoms with Crippen LogP contribution in [0, 0.1) is 5.82 Å². The molecule has 1 heterocycles. The number of alkyl halides is 2. The van der Waals surface area contributed by atoms with E-state index in [0.29, 0.717) is 16.7 Å². The highest BCUT2D eigenvalue weighted by Crippen LogP contribution is 2.36. The number of hydrogen-bond donors (Lipinski definition) is 1. The normalized spacial score (nSPS) is 20.2. The zero-order chi connectivity index (χ0) is 23.6. The summed E-state index contributed by atoms with van der Waals surface area (Å²) in [4.78, 5) is 13.1. The molecule has 5 nitrogen and oxygen atoms in total. The summed E-state index contributed by atoms with van der Waals surface area (Å²) in [5.41, 5.74) is -1.77. The molecule has 1 aliphatic heterocycles. The van der Waals surface area contributed by atoms with Crippen molar-refractivity contribution in [2.75, 3.05) is 6.54 Å². The number of hydrazone groups is 1. The number of nitrogens with two attached hydrogens (primary N) is 1. The van der Waals surface area contributed by atoms with Crippen molar-refractivity contribution in [1.82, 2.24) is 10.0 Å². The number of amidine groups is 1. The van der Waals surface area contributed by atoms with Crippen LogP contribution < -0.4 is 5.84 Å². The van der Waals surface area contributed by atoms with Crippen LogP contribution in [0.2, 0.25) is 0 Å². The molecule has 2 N–H and O–H groups in total. The standard InChI is InChI=1S/C23H26F3N4OPS/c24-19-12-11-16(13-18(19)15-7-3-1-4-8-15)20-28-29(14-23(25,26)32)21(31)22(30(20)27)33-17-9-5-2-6-10-17/h1,3-4,7-8,11-13,17,22H,2,5-6,9-10,14,27,32H2. The predicted molar refractivity (Wildman–Crippen MR) is 129 cm³/mol. The van der Waals surface area contributed by atoms with Crippen molar-refractivity contribution in [2.24, 2.45) is 10.9 Å². The zero-order valence-corrected chi connectivity index (χ0v) is 19.9. The summed E-state index contributed by atoms with van der Waals surface area (Å²) in [7, 11) is 1.44. The highest BCUT2D eigenvalue weighted by molar-refractivity contribution is 8.01. The Bertz CT molecular complexity index is 1030. The lowest BCUT2D eigenvalue weighted by Gasteiger charge is -2.39. The largest absolute Gasteiger partial charge is 0.278 e. The molecule has 0 saturated heterocycles. The summed E-state index contributed by atoms with van der Waals surface area (Å²) in [6.07, 6.45) is 5.18. The zero-order valence-electron chi connectivity index (χ0n) is 18.0. The van der Waals surface area contributed by atoms with E-state index in [1.165, 1.54) is 38.1 Å². The lowest BCUT2D eigenvalue weighted by atomic mass is 10.0. The van der Waals surface area contributed by atoms with Gasteiger partial charge >= 0.3 is 0 Å². The molecule has 176 valence electrons. The van der Waals surface area contributed by atoms with E-state index in [4.69, 9.17) is 5.84 Å². The van der Waals surface area contributed by atoms with Gasteiger partial charge in [0.25, 0.3) is 11.6 Å². The summed E-state index contributed by atoms with van der Waals surface area (Å²) >= 11 is 1.39. The van der Waals surface area contributed by atoms with Crippen molar-refractivity contribution in [1.29, 1.82) is 0 Å². The number of halogens is 3. The lowest BCUT2D eigenvalue weighted by molar-refractivity contribution is -0.137. The third kappa shape index (κ3) is 5.70. The lowest BCUT2D eigenvalue weighted by Crippen LogP contribution is -2.58. The van der Waals surface area contributed by atoms with E-state index in [1.807, 2.05) is 6.07 Å². The SMILES string of the molecule is NN1C(c2ccc(F)c(-c3ccccc3)c2)=NN(CC(F)(F)P)C(=O)C1SC1CCCCC1. The first kappa shape index (κ1) is 24.0. The van der Waals surface area contributed by atoms with E-state index in [2.05, 4.69) is 5.10 Å². The first-order valence-electron chi connectivity index (χ1n) is 10.8. The third-order valence-corrected chi connectivity index (χ3v) is 7.45. The fraction of sp³-hybridized carbons (Fsp3) is 0.391. The smallest absolute Gasteiger partial charge is 0.270 e. The Morgan fingerprint density at radius 1 is 1.09 bits per heavy atom. The predicted octanol–water partition coefficient (Wildman–Crippen LogP) is 5.03. The summed E-state index contributed by atoms with van der Waals surface area (Å²) < 4.78 is 42.3. The minimum absolute atomic E-state index is 0.148. The summed E-state index contributed by atoms with van der Waals surface area (Å²) in [5.74, 6) is 5.50. The Hall–Kier alpha value is -2.09. The second kappa shape index (κ2) is 10.0. The van der Waals surface area contributed by atoms with Crippen molar-refractivity contribution in [3.05, 3.63) is 59.9 Å². The molecule has 1 saturated carbocycles. The van der Waals surface area contributed by atoms with E-state index < -0.39 is 29.3 Å². The molecule has 2 aromatic rings. The van der Waals surface area contributed by atoms with Crippen molar-refractivity contribution < 1.29 is 18.0 Å². The van der Waals surface area contributed by atoms with Gasteiger partial charge in [-0.2, -0.15) is 0 Å². The molecule has 1 fully saturated rings. The number of amides is 1. The van der Waals surface area contributed by atoms with Crippen molar-refractivity contribution in [2.45, 2.75) is 48.4 Å². The van der Waals surface area contributed by atoms with Crippen LogP contribution in [0.4, 0.5) is 13.2 Å². The molecule has 0 spiro atoms. The molecule has 1 amide bonds. The summed E-state index contributed by atoms with van der Waals surface area (Å²) in [6, 6.07) is 13.4. The third-order valence-electron chi connectivity index (χ3n) is 5.72. The van der Waals surface area contributed by atoms with Crippen LogP contribution in [-0.2, 0) is 4.79 Å². The maximum absolute atomic E-state index is 14.6. The number of nitrogens with zero attached hydrogens (tertiary/aromatic N) is 3. The number of rotatable bonds is 6. The number of hydrogen-bond acceptors (Lipinski definition) is 5. The Kier molecular flexibility index (Phi) is 7.31.